The van der Waals surface area contributed by atoms with E-state index < -0.39 is 0 Å². The fourth-order valence-electron chi connectivity index (χ4n) is 2.55. The average Bonchev–Trinajstić information content (AvgIpc) is 2.56. The Morgan fingerprint density at radius 1 is 1.41 bits per heavy atom. The molecule has 1 atom stereocenters. The van der Waals surface area contributed by atoms with Crippen molar-refractivity contribution in [1.82, 2.24) is 15.2 Å². The molecule has 0 saturated carbocycles. The van der Waals surface area contributed by atoms with E-state index in [1.165, 1.54) is 19.3 Å². The number of aliphatic hydroxyl groups excluding tert-OH is 1. The molecule has 1 aliphatic heterocycles. The van der Waals surface area contributed by atoms with Gasteiger partial charge in [-0.15, -0.1) is 0 Å². The van der Waals surface area contributed by atoms with E-state index in [2.05, 4.69) is 15.2 Å². The van der Waals surface area contributed by atoms with Crippen molar-refractivity contribution < 1.29 is 9.90 Å². The van der Waals surface area contributed by atoms with Gasteiger partial charge in [-0.05, 0) is 38.1 Å². The summed E-state index contributed by atoms with van der Waals surface area (Å²) in [5, 5.41) is 12.9. The number of rotatable bonds is 8. The maximum atomic E-state index is 11.8. The van der Waals surface area contributed by atoms with Gasteiger partial charge in [0.15, 0.2) is 0 Å². The van der Waals surface area contributed by atoms with Crippen LogP contribution in [0.1, 0.15) is 29.6 Å². The first-order valence-electron chi connectivity index (χ1n) is 7.92. The molecule has 1 fully saturated rings. The van der Waals surface area contributed by atoms with Gasteiger partial charge in [0.05, 0.1) is 11.7 Å². The van der Waals surface area contributed by atoms with E-state index in [1.807, 2.05) is 0 Å². The second-order valence-electron chi connectivity index (χ2n) is 5.59. The highest BCUT2D eigenvalue weighted by molar-refractivity contribution is 7.99. The maximum Gasteiger partial charge on any atom is 0.252 e. The molecule has 5 nitrogen and oxygen atoms in total. The summed E-state index contributed by atoms with van der Waals surface area (Å²) in [6.07, 6.45) is 6.75. The molecule has 0 bridgehead atoms. The molecule has 2 heterocycles. The van der Waals surface area contributed by atoms with Crippen LogP contribution in [0.25, 0.3) is 0 Å². The van der Waals surface area contributed by atoms with Gasteiger partial charge in [-0.3, -0.25) is 9.78 Å². The van der Waals surface area contributed by atoms with E-state index in [9.17, 15) is 9.90 Å². The lowest BCUT2D eigenvalue weighted by Crippen LogP contribution is -2.37. The number of nitrogens with one attached hydrogen (secondary N) is 1. The van der Waals surface area contributed by atoms with Gasteiger partial charge in [0.25, 0.3) is 5.91 Å². The Kier molecular flexibility index (Phi) is 7.70. The highest BCUT2D eigenvalue weighted by atomic mass is 32.2. The van der Waals surface area contributed by atoms with Crippen molar-refractivity contribution in [2.75, 3.05) is 37.7 Å². The van der Waals surface area contributed by atoms with E-state index in [-0.39, 0.29) is 12.0 Å². The summed E-state index contributed by atoms with van der Waals surface area (Å²) >= 11 is 1.68. The average molecular weight is 323 g/mol. The Hall–Kier alpha value is -1.11. The summed E-state index contributed by atoms with van der Waals surface area (Å²) in [5.41, 5.74) is 0.581. The number of amides is 1. The number of carbonyl (C=O) groups is 1. The van der Waals surface area contributed by atoms with Crippen LogP contribution in [0.3, 0.4) is 0 Å². The quantitative estimate of drug-likeness (QED) is 0.708. The molecular formula is C16H25N3O2S. The minimum absolute atomic E-state index is 0.0948. The van der Waals surface area contributed by atoms with Crippen LogP contribution in [0, 0.1) is 0 Å². The Balaban J connectivity index is 1.52. The summed E-state index contributed by atoms with van der Waals surface area (Å²) in [6.45, 7) is 3.61. The molecule has 0 aromatic carbocycles. The predicted molar refractivity (Wildman–Crippen MR) is 90.2 cm³/mol. The summed E-state index contributed by atoms with van der Waals surface area (Å²) < 4.78 is 0. The molecule has 1 aliphatic rings. The van der Waals surface area contributed by atoms with Crippen LogP contribution >= 0.6 is 11.8 Å². The van der Waals surface area contributed by atoms with E-state index in [0.717, 1.165) is 31.1 Å². The normalized spacial score (nSPS) is 17.1. The molecule has 1 unspecified atom stereocenters. The van der Waals surface area contributed by atoms with Crippen LogP contribution < -0.4 is 5.32 Å². The number of likely N-dealkylation sites (tertiary alicyclic amines) is 1. The molecule has 0 radical (unpaired) electrons. The van der Waals surface area contributed by atoms with Crippen LogP contribution in [0.4, 0.5) is 0 Å². The number of hydrogen-bond acceptors (Lipinski definition) is 5. The van der Waals surface area contributed by atoms with Gasteiger partial charge < -0.3 is 15.3 Å². The summed E-state index contributed by atoms with van der Waals surface area (Å²) in [5.74, 6) is 1.44. The SMILES string of the molecule is O=C(NCCSCC(O)CN1CCCCC1)c1cccnc1. The number of hydrogen-bond donors (Lipinski definition) is 2. The minimum Gasteiger partial charge on any atom is -0.391 e. The Morgan fingerprint density at radius 2 is 2.23 bits per heavy atom. The molecule has 2 rings (SSSR count). The molecule has 1 amide bonds. The van der Waals surface area contributed by atoms with Gasteiger partial charge >= 0.3 is 0 Å². The topological polar surface area (TPSA) is 65.5 Å². The number of pyridine rings is 1. The predicted octanol–water partition coefficient (Wildman–Crippen LogP) is 1.39. The van der Waals surface area contributed by atoms with Crippen LogP contribution in [0.2, 0.25) is 0 Å². The molecule has 0 aliphatic carbocycles. The Labute approximate surface area is 136 Å². The number of piperidine rings is 1. The van der Waals surface area contributed by atoms with E-state index in [1.54, 1.807) is 36.3 Å². The molecular weight excluding hydrogens is 298 g/mol. The van der Waals surface area contributed by atoms with Gasteiger partial charge in [0, 0.05) is 37.0 Å². The Morgan fingerprint density at radius 3 is 2.95 bits per heavy atom. The second-order valence-corrected chi connectivity index (χ2v) is 6.74. The number of carbonyl (C=O) groups excluding carboxylic acids is 1. The number of aliphatic hydroxyl groups is 1. The van der Waals surface area contributed by atoms with E-state index in [0.29, 0.717) is 12.1 Å². The van der Waals surface area contributed by atoms with Gasteiger partial charge in [0.2, 0.25) is 0 Å². The highest BCUT2D eigenvalue weighted by Crippen LogP contribution is 2.10. The minimum atomic E-state index is -0.280. The van der Waals surface area contributed by atoms with Crippen LogP contribution in [0.5, 0.6) is 0 Å². The first kappa shape index (κ1) is 17.2. The third-order valence-electron chi connectivity index (χ3n) is 3.68. The van der Waals surface area contributed by atoms with Crippen molar-refractivity contribution >= 4 is 17.7 Å². The van der Waals surface area contributed by atoms with Crippen molar-refractivity contribution in [2.24, 2.45) is 0 Å². The highest BCUT2D eigenvalue weighted by Gasteiger charge is 2.14. The van der Waals surface area contributed by atoms with E-state index in [4.69, 9.17) is 0 Å². The number of β-amino-alcohol motifs (C(OH)–C–C–N with tert-alkyl or cyclic N) is 1. The monoisotopic (exact) mass is 323 g/mol. The smallest absolute Gasteiger partial charge is 0.252 e. The van der Waals surface area contributed by atoms with Crippen LogP contribution in [0.15, 0.2) is 24.5 Å². The Bertz CT molecular complexity index is 438. The lowest BCUT2D eigenvalue weighted by atomic mass is 10.1. The zero-order chi connectivity index (χ0) is 15.6. The van der Waals surface area contributed by atoms with Crippen molar-refractivity contribution in [2.45, 2.75) is 25.4 Å². The lowest BCUT2D eigenvalue weighted by molar-refractivity contribution is 0.0956. The summed E-state index contributed by atoms with van der Waals surface area (Å²) in [7, 11) is 0. The first-order chi connectivity index (χ1) is 10.8. The first-order valence-corrected chi connectivity index (χ1v) is 9.07. The number of thioether (sulfide) groups is 1. The van der Waals surface area contributed by atoms with Gasteiger partial charge in [-0.1, -0.05) is 6.42 Å². The fraction of sp³-hybridized carbons (Fsp3) is 0.625. The standard InChI is InChI=1S/C16H25N3O2S/c20-15(12-19-8-2-1-3-9-19)13-22-10-7-18-16(21)14-5-4-6-17-11-14/h4-6,11,15,20H,1-3,7-10,12-13H2,(H,18,21). The molecule has 122 valence electrons. The van der Waals surface area contributed by atoms with Crippen molar-refractivity contribution in [3.05, 3.63) is 30.1 Å². The van der Waals surface area contributed by atoms with Crippen LogP contribution in [-0.4, -0.2) is 64.7 Å². The molecule has 2 N–H and O–H groups in total. The van der Waals surface area contributed by atoms with Crippen molar-refractivity contribution in [3.8, 4) is 0 Å². The molecule has 1 aromatic heterocycles. The maximum absolute atomic E-state index is 11.8. The molecule has 1 saturated heterocycles. The fourth-order valence-corrected chi connectivity index (χ4v) is 3.34. The molecule has 1 aromatic rings. The summed E-state index contributed by atoms with van der Waals surface area (Å²) in [4.78, 5) is 18.1. The number of nitrogens with zero attached hydrogens (tertiary/aromatic N) is 2. The van der Waals surface area contributed by atoms with Gasteiger partial charge in [0.1, 0.15) is 0 Å². The van der Waals surface area contributed by atoms with Crippen LogP contribution in [-0.2, 0) is 0 Å². The third kappa shape index (κ3) is 6.34. The number of aromatic nitrogens is 1. The summed E-state index contributed by atoms with van der Waals surface area (Å²) in [6, 6.07) is 3.50. The largest absolute Gasteiger partial charge is 0.391 e. The lowest BCUT2D eigenvalue weighted by Gasteiger charge is -2.28. The second kappa shape index (κ2) is 9.82. The third-order valence-corrected chi connectivity index (χ3v) is 4.80. The molecule has 22 heavy (non-hydrogen) atoms. The van der Waals surface area contributed by atoms with Gasteiger partial charge in [-0.25, -0.2) is 0 Å². The van der Waals surface area contributed by atoms with Crippen molar-refractivity contribution in [1.29, 1.82) is 0 Å². The molecule has 6 heteroatoms. The van der Waals surface area contributed by atoms with Gasteiger partial charge in [-0.2, -0.15) is 11.8 Å². The zero-order valence-electron chi connectivity index (χ0n) is 12.9. The molecule has 0 spiro atoms. The van der Waals surface area contributed by atoms with E-state index >= 15 is 0 Å². The van der Waals surface area contributed by atoms with Crippen molar-refractivity contribution in [3.63, 3.8) is 0 Å². The zero-order valence-corrected chi connectivity index (χ0v) is 13.7.